The third-order valence-electron chi connectivity index (χ3n) is 1.50. The fourth-order valence-electron chi connectivity index (χ4n) is 0.775. The van der Waals surface area contributed by atoms with E-state index >= 15 is 0 Å². The van der Waals surface area contributed by atoms with Gasteiger partial charge in [0.25, 0.3) is 5.24 Å². The van der Waals surface area contributed by atoms with Crippen molar-refractivity contribution in [3.8, 4) is 0 Å². The summed E-state index contributed by atoms with van der Waals surface area (Å²) in [6, 6.07) is 5.62. The zero-order valence-corrected chi connectivity index (χ0v) is 7.38. The first-order chi connectivity index (χ1) is 5.61. The molecular formula is C8H8FNOS. The summed E-state index contributed by atoms with van der Waals surface area (Å²) in [5.74, 6) is -0.321. The molecule has 0 atom stereocenters. The van der Waals surface area contributed by atoms with Crippen LogP contribution in [0.25, 0.3) is 0 Å². The molecule has 64 valence electrons. The number of amides is 1. The van der Waals surface area contributed by atoms with Crippen LogP contribution in [0.4, 0.5) is 14.9 Å². The largest absolute Gasteiger partial charge is 0.307 e. The number of thiol groups is 1. The van der Waals surface area contributed by atoms with Crippen molar-refractivity contribution < 1.29 is 9.18 Å². The van der Waals surface area contributed by atoms with E-state index in [0.717, 1.165) is 0 Å². The van der Waals surface area contributed by atoms with E-state index in [1.165, 1.54) is 29.2 Å². The molecule has 1 amide bonds. The maximum atomic E-state index is 12.4. The number of carbonyl (C=O) groups excluding carboxylic acids is 1. The lowest BCUT2D eigenvalue weighted by Gasteiger charge is -2.13. The summed E-state index contributed by atoms with van der Waals surface area (Å²) < 4.78 is 12.4. The van der Waals surface area contributed by atoms with Crippen LogP contribution in [0.15, 0.2) is 24.3 Å². The van der Waals surface area contributed by atoms with Crippen molar-refractivity contribution in [3.63, 3.8) is 0 Å². The number of anilines is 1. The Kier molecular flexibility index (Phi) is 2.70. The van der Waals surface area contributed by atoms with Gasteiger partial charge >= 0.3 is 0 Å². The van der Waals surface area contributed by atoms with Gasteiger partial charge in [-0.05, 0) is 24.3 Å². The summed E-state index contributed by atoms with van der Waals surface area (Å²) in [4.78, 5) is 12.0. The molecule has 0 heterocycles. The lowest BCUT2D eigenvalue weighted by atomic mass is 10.3. The monoisotopic (exact) mass is 185 g/mol. The van der Waals surface area contributed by atoms with E-state index in [-0.39, 0.29) is 11.1 Å². The molecule has 0 aliphatic rings. The van der Waals surface area contributed by atoms with E-state index in [1.807, 2.05) is 0 Å². The maximum Gasteiger partial charge on any atom is 0.282 e. The van der Waals surface area contributed by atoms with Crippen LogP contribution < -0.4 is 4.90 Å². The summed E-state index contributed by atoms with van der Waals surface area (Å²) in [6.07, 6.45) is 0. The average Bonchev–Trinajstić information content (AvgIpc) is 2.04. The zero-order chi connectivity index (χ0) is 9.14. The Hall–Kier alpha value is -1.03. The highest BCUT2D eigenvalue weighted by Crippen LogP contribution is 2.14. The van der Waals surface area contributed by atoms with Crippen molar-refractivity contribution in [2.45, 2.75) is 0 Å². The van der Waals surface area contributed by atoms with E-state index in [1.54, 1.807) is 7.05 Å². The molecule has 1 rings (SSSR count). The number of halogens is 1. The molecule has 0 unspecified atom stereocenters. The summed E-state index contributed by atoms with van der Waals surface area (Å²) in [6.45, 7) is 0. The number of benzene rings is 1. The maximum absolute atomic E-state index is 12.4. The lowest BCUT2D eigenvalue weighted by Crippen LogP contribution is -2.19. The smallest absolute Gasteiger partial charge is 0.282 e. The summed E-state index contributed by atoms with van der Waals surface area (Å²) >= 11 is 3.62. The topological polar surface area (TPSA) is 20.3 Å². The Bertz CT molecular complexity index is 286. The van der Waals surface area contributed by atoms with Gasteiger partial charge in [0.15, 0.2) is 0 Å². The SMILES string of the molecule is CN(C(=O)S)c1ccc(F)cc1. The van der Waals surface area contributed by atoms with Crippen LogP contribution in [-0.2, 0) is 0 Å². The molecule has 12 heavy (non-hydrogen) atoms. The predicted molar refractivity (Wildman–Crippen MR) is 49.2 cm³/mol. The molecule has 1 aromatic carbocycles. The van der Waals surface area contributed by atoms with Crippen LogP contribution in [0.5, 0.6) is 0 Å². The minimum Gasteiger partial charge on any atom is -0.307 e. The Morgan fingerprint density at radius 3 is 2.33 bits per heavy atom. The van der Waals surface area contributed by atoms with Gasteiger partial charge in [-0.3, -0.25) is 4.79 Å². The first-order valence-corrected chi connectivity index (χ1v) is 3.78. The van der Waals surface area contributed by atoms with Crippen molar-refractivity contribution in [2.24, 2.45) is 0 Å². The Balaban J connectivity index is 2.89. The molecule has 0 saturated heterocycles. The minimum absolute atomic E-state index is 0.321. The number of carbonyl (C=O) groups is 1. The van der Waals surface area contributed by atoms with Gasteiger partial charge in [-0.2, -0.15) is 0 Å². The molecule has 0 aliphatic carbocycles. The molecule has 0 N–H and O–H groups in total. The number of nitrogens with zero attached hydrogens (tertiary/aromatic N) is 1. The second-order valence-electron chi connectivity index (χ2n) is 2.32. The Morgan fingerprint density at radius 2 is 1.92 bits per heavy atom. The fraction of sp³-hybridized carbons (Fsp3) is 0.125. The zero-order valence-electron chi connectivity index (χ0n) is 6.49. The van der Waals surface area contributed by atoms with E-state index in [9.17, 15) is 9.18 Å². The Morgan fingerprint density at radius 1 is 1.42 bits per heavy atom. The molecule has 2 nitrogen and oxygen atoms in total. The number of hydrogen-bond acceptors (Lipinski definition) is 1. The third-order valence-corrected chi connectivity index (χ3v) is 1.80. The van der Waals surface area contributed by atoms with Crippen LogP contribution in [0.2, 0.25) is 0 Å². The molecule has 0 spiro atoms. The fourth-order valence-corrected chi connectivity index (χ4v) is 0.891. The number of hydrogen-bond donors (Lipinski definition) is 1. The van der Waals surface area contributed by atoms with Crippen LogP contribution in [0, 0.1) is 5.82 Å². The van der Waals surface area contributed by atoms with Gasteiger partial charge in [-0.25, -0.2) is 4.39 Å². The number of rotatable bonds is 1. The van der Waals surface area contributed by atoms with Crippen molar-refractivity contribution >= 4 is 23.6 Å². The van der Waals surface area contributed by atoms with Gasteiger partial charge in [0.05, 0.1) is 0 Å². The van der Waals surface area contributed by atoms with Gasteiger partial charge in [0.1, 0.15) is 5.82 Å². The van der Waals surface area contributed by atoms with Crippen molar-refractivity contribution in [2.75, 3.05) is 11.9 Å². The highest BCUT2D eigenvalue weighted by Gasteiger charge is 2.04. The molecule has 0 radical (unpaired) electrons. The molecule has 0 bridgehead atoms. The predicted octanol–water partition coefficient (Wildman–Crippen LogP) is 2.31. The second-order valence-corrected chi connectivity index (χ2v) is 2.70. The molecule has 0 saturated carbocycles. The first kappa shape index (κ1) is 9.06. The normalized spacial score (nSPS) is 9.58. The molecule has 0 aromatic heterocycles. The average molecular weight is 185 g/mol. The quantitative estimate of drug-likeness (QED) is 0.666. The van der Waals surface area contributed by atoms with Crippen molar-refractivity contribution in [1.82, 2.24) is 0 Å². The van der Waals surface area contributed by atoms with Gasteiger partial charge < -0.3 is 4.90 Å². The summed E-state index contributed by atoms with van der Waals surface area (Å²) in [5, 5.41) is -0.374. The van der Waals surface area contributed by atoms with E-state index < -0.39 is 0 Å². The second kappa shape index (κ2) is 3.58. The van der Waals surface area contributed by atoms with Gasteiger partial charge in [-0.15, -0.1) is 0 Å². The first-order valence-electron chi connectivity index (χ1n) is 3.33. The molecule has 0 fully saturated rings. The molecule has 0 aliphatic heterocycles. The Labute approximate surface area is 75.4 Å². The van der Waals surface area contributed by atoms with Crippen molar-refractivity contribution in [1.29, 1.82) is 0 Å². The summed E-state index contributed by atoms with van der Waals surface area (Å²) in [5.41, 5.74) is 0.622. The summed E-state index contributed by atoms with van der Waals surface area (Å²) in [7, 11) is 1.57. The van der Waals surface area contributed by atoms with Crippen LogP contribution in [0.1, 0.15) is 0 Å². The van der Waals surface area contributed by atoms with E-state index in [4.69, 9.17) is 0 Å². The van der Waals surface area contributed by atoms with E-state index in [2.05, 4.69) is 12.6 Å². The van der Waals surface area contributed by atoms with Crippen LogP contribution in [0.3, 0.4) is 0 Å². The highest BCUT2D eigenvalue weighted by atomic mass is 32.1. The minimum atomic E-state index is -0.374. The van der Waals surface area contributed by atoms with E-state index in [0.29, 0.717) is 5.69 Å². The molecular weight excluding hydrogens is 177 g/mol. The van der Waals surface area contributed by atoms with Crippen molar-refractivity contribution in [3.05, 3.63) is 30.1 Å². The van der Waals surface area contributed by atoms with Gasteiger partial charge in [0.2, 0.25) is 0 Å². The van der Waals surface area contributed by atoms with Gasteiger partial charge in [0, 0.05) is 12.7 Å². The van der Waals surface area contributed by atoms with Gasteiger partial charge in [-0.1, -0.05) is 12.6 Å². The molecule has 1 aromatic rings. The standard InChI is InChI=1S/C8H8FNOS/c1-10(8(11)12)7-4-2-6(9)3-5-7/h2-5H,1H3,(H,11,12). The highest BCUT2D eigenvalue weighted by molar-refractivity contribution is 7.96. The molecule has 4 heteroatoms. The van der Waals surface area contributed by atoms with Crippen LogP contribution in [-0.4, -0.2) is 12.3 Å². The lowest BCUT2D eigenvalue weighted by molar-refractivity contribution is 0.266. The third kappa shape index (κ3) is 1.98. The van der Waals surface area contributed by atoms with Crippen LogP contribution >= 0.6 is 12.6 Å².